The smallest absolute Gasteiger partial charge is 0.225 e. The summed E-state index contributed by atoms with van der Waals surface area (Å²) in [5, 5.41) is 3.39. The second-order valence-electron chi connectivity index (χ2n) is 5.66. The van der Waals surface area contributed by atoms with E-state index in [0.29, 0.717) is 18.9 Å². The van der Waals surface area contributed by atoms with Gasteiger partial charge in [-0.3, -0.25) is 4.79 Å². The van der Waals surface area contributed by atoms with E-state index in [1.807, 2.05) is 29.2 Å². The summed E-state index contributed by atoms with van der Waals surface area (Å²) in [5.41, 5.74) is 0. The van der Waals surface area contributed by atoms with Crippen LogP contribution in [0.1, 0.15) is 26.2 Å². The van der Waals surface area contributed by atoms with Gasteiger partial charge in [-0.15, -0.1) is 0 Å². The third-order valence-electron chi connectivity index (χ3n) is 4.06. The van der Waals surface area contributed by atoms with Gasteiger partial charge in [-0.2, -0.15) is 0 Å². The van der Waals surface area contributed by atoms with Crippen LogP contribution in [0.2, 0.25) is 0 Å². The van der Waals surface area contributed by atoms with E-state index in [9.17, 15) is 4.79 Å². The van der Waals surface area contributed by atoms with E-state index in [4.69, 9.17) is 4.74 Å². The molecule has 0 saturated carbocycles. The average Bonchev–Trinajstić information content (AvgIpc) is 2.55. The van der Waals surface area contributed by atoms with Crippen molar-refractivity contribution in [2.45, 2.75) is 26.2 Å². The van der Waals surface area contributed by atoms with Gasteiger partial charge in [0.05, 0.1) is 17.5 Å². The first-order valence-corrected chi connectivity index (χ1v) is 8.85. The zero-order chi connectivity index (χ0) is 15.8. The van der Waals surface area contributed by atoms with Gasteiger partial charge in [0.15, 0.2) is 0 Å². The number of hydrogen-bond acceptors (Lipinski definition) is 3. The lowest BCUT2D eigenvalue weighted by molar-refractivity contribution is -0.133. The third-order valence-corrected chi connectivity index (χ3v) is 4.72. The van der Waals surface area contributed by atoms with Crippen LogP contribution in [-0.2, 0) is 4.79 Å². The molecule has 1 N–H and O–H groups in total. The molecule has 0 radical (unpaired) electrons. The molecule has 0 atom stereocenters. The Labute approximate surface area is 141 Å². The van der Waals surface area contributed by atoms with Crippen LogP contribution in [0.25, 0.3) is 0 Å². The fourth-order valence-corrected chi connectivity index (χ4v) is 3.10. The number of rotatable bonds is 7. The maximum atomic E-state index is 12.2. The van der Waals surface area contributed by atoms with Crippen molar-refractivity contribution in [1.82, 2.24) is 10.2 Å². The number of amides is 1. The molecule has 1 amide bonds. The Morgan fingerprint density at radius 2 is 2.09 bits per heavy atom. The summed E-state index contributed by atoms with van der Waals surface area (Å²) in [7, 11) is 0. The Morgan fingerprint density at radius 3 is 2.77 bits per heavy atom. The summed E-state index contributed by atoms with van der Waals surface area (Å²) in [4.78, 5) is 14.2. The standard InChI is InChI=1S/C17H25BrN2O2/c1-2-19-13-14-7-10-20(11-8-14)17(21)9-12-22-16-6-4-3-5-15(16)18/h3-6,14,19H,2,7-13H2,1H3. The molecule has 122 valence electrons. The normalized spacial score (nSPS) is 15.8. The predicted molar refractivity (Wildman–Crippen MR) is 92.1 cm³/mol. The largest absolute Gasteiger partial charge is 0.492 e. The Hall–Kier alpha value is -1.07. The van der Waals surface area contributed by atoms with Gasteiger partial charge in [0.25, 0.3) is 0 Å². The number of piperidine rings is 1. The van der Waals surface area contributed by atoms with E-state index >= 15 is 0 Å². The van der Waals surface area contributed by atoms with Gasteiger partial charge in [0.2, 0.25) is 5.91 Å². The van der Waals surface area contributed by atoms with Crippen LogP contribution in [0.3, 0.4) is 0 Å². The van der Waals surface area contributed by atoms with Crippen molar-refractivity contribution >= 4 is 21.8 Å². The lowest BCUT2D eigenvalue weighted by atomic mass is 9.96. The van der Waals surface area contributed by atoms with Gasteiger partial charge >= 0.3 is 0 Å². The molecule has 1 saturated heterocycles. The second-order valence-corrected chi connectivity index (χ2v) is 6.52. The molecule has 4 nitrogen and oxygen atoms in total. The van der Waals surface area contributed by atoms with Crippen LogP contribution >= 0.6 is 15.9 Å². The zero-order valence-corrected chi connectivity index (χ0v) is 14.8. The minimum Gasteiger partial charge on any atom is -0.492 e. The highest BCUT2D eigenvalue weighted by molar-refractivity contribution is 9.10. The number of benzene rings is 1. The molecule has 1 fully saturated rings. The minimum absolute atomic E-state index is 0.203. The van der Waals surface area contributed by atoms with E-state index in [0.717, 1.165) is 49.2 Å². The SMILES string of the molecule is CCNCC1CCN(C(=O)CCOc2ccccc2Br)CC1. The Bertz CT molecular complexity index is 473. The van der Waals surface area contributed by atoms with Gasteiger partial charge < -0.3 is 15.0 Å². The van der Waals surface area contributed by atoms with Gasteiger partial charge in [-0.25, -0.2) is 0 Å². The third kappa shape index (κ3) is 5.29. The van der Waals surface area contributed by atoms with Crippen molar-refractivity contribution in [1.29, 1.82) is 0 Å². The first-order chi connectivity index (χ1) is 10.7. The topological polar surface area (TPSA) is 41.6 Å². The van der Waals surface area contributed by atoms with Crippen LogP contribution in [-0.4, -0.2) is 43.6 Å². The number of carbonyl (C=O) groups excluding carboxylic acids is 1. The van der Waals surface area contributed by atoms with E-state index in [1.54, 1.807) is 0 Å². The molecular formula is C17H25BrN2O2. The molecule has 1 aromatic carbocycles. The quantitative estimate of drug-likeness (QED) is 0.803. The van der Waals surface area contributed by atoms with E-state index in [1.165, 1.54) is 0 Å². The number of ether oxygens (including phenoxy) is 1. The molecule has 0 aliphatic carbocycles. The molecule has 22 heavy (non-hydrogen) atoms. The average molecular weight is 369 g/mol. The summed E-state index contributed by atoms with van der Waals surface area (Å²) in [6.07, 6.45) is 2.65. The fourth-order valence-electron chi connectivity index (χ4n) is 2.70. The zero-order valence-electron chi connectivity index (χ0n) is 13.2. The fraction of sp³-hybridized carbons (Fsp3) is 0.588. The molecule has 1 aromatic rings. The van der Waals surface area contributed by atoms with Gasteiger partial charge in [0.1, 0.15) is 5.75 Å². The maximum Gasteiger partial charge on any atom is 0.225 e. The van der Waals surface area contributed by atoms with E-state index in [2.05, 4.69) is 28.2 Å². The second kappa shape index (κ2) is 9.16. The van der Waals surface area contributed by atoms with Crippen molar-refractivity contribution in [3.63, 3.8) is 0 Å². The molecule has 5 heteroatoms. The van der Waals surface area contributed by atoms with Crippen LogP contribution in [0.4, 0.5) is 0 Å². The molecule has 0 bridgehead atoms. The molecule has 1 heterocycles. The summed E-state index contributed by atoms with van der Waals surface area (Å²) in [5.74, 6) is 1.70. The van der Waals surface area contributed by atoms with Crippen LogP contribution in [0.5, 0.6) is 5.75 Å². The van der Waals surface area contributed by atoms with Crippen molar-refractivity contribution in [2.24, 2.45) is 5.92 Å². The molecule has 0 unspecified atom stereocenters. The molecule has 0 aromatic heterocycles. The number of para-hydroxylation sites is 1. The number of nitrogens with zero attached hydrogens (tertiary/aromatic N) is 1. The molecule has 1 aliphatic rings. The lowest BCUT2D eigenvalue weighted by Crippen LogP contribution is -2.41. The van der Waals surface area contributed by atoms with Crippen LogP contribution in [0.15, 0.2) is 28.7 Å². The highest BCUT2D eigenvalue weighted by atomic mass is 79.9. The highest BCUT2D eigenvalue weighted by Gasteiger charge is 2.22. The Morgan fingerprint density at radius 1 is 1.36 bits per heavy atom. The summed E-state index contributed by atoms with van der Waals surface area (Å²) in [6.45, 7) is 6.41. The minimum atomic E-state index is 0.203. The molecule has 1 aliphatic heterocycles. The van der Waals surface area contributed by atoms with Gasteiger partial charge in [-0.1, -0.05) is 19.1 Å². The number of carbonyl (C=O) groups is 1. The molecule has 0 spiro atoms. The first-order valence-electron chi connectivity index (χ1n) is 8.06. The monoisotopic (exact) mass is 368 g/mol. The van der Waals surface area contributed by atoms with E-state index < -0.39 is 0 Å². The highest BCUT2D eigenvalue weighted by Crippen LogP contribution is 2.24. The number of likely N-dealkylation sites (tertiary alicyclic amines) is 1. The number of halogens is 1. The molecular weight excluding hydrogens is 344 g/mol. The van der Waals surface area contributed by atoms with Crippen molar-refractivity contribution in [2.75, 3.05) is 32.8 Å². The van der Waals surface area contributed by atoms with Crippen LogP contribution < -0.4 is 10.1 Å². The summed E-state index contributed by atoms with van der Waals surface area (Å²) >= 11 is 3.44. The summed E-state index contributed by atoms with van der Waals surface area (Å²) < 4.78 is 6.59. The lowest BCUT2D eigenvalue weighted by Gasteiger charge is -2.32. The Kier molecular flexibility index (Phi) is 7.19. The van der Waals surface area contributed by atoms with Crippen molar-refractivity contribution < 1.29 is 9.53 Å². The molecule has 2 rings (SSSR count). The van der Waals surface area contributed by atoms with E-state index in [-0.39, 0.29) is 5.91 Å². The van der Waals surface area contributed by atoms with Crippen molar-refractivity contribution in [3.8, 4) is 5.75 Å². The van der Waals surface area contributed by atoms with Gasteiger partial charge in [-0.05, 0) is 59.9 Å². The Balaban J connectivity index is 1.67. The van der Waals surface area contributed by atoms with Crippen molar-refractivity contribution in [3.05, 3.63) is 28.7 Å². The maximum absolute atomic E-state index is 12.2. The number of hydrogen-bond donors (Lipinski definition) is 1. The predicted octanol–water partition coefficient (Wildman–Crippen LogP) is 3.07. The van der Waals surface area contributed by atoms with Crippen LogP contribution in [0, 0.1) is 5.92 Å². The summed E-state index contributed by atoms with van der Waals surface area (Å²) in [6, 6.07) is 7.71. The van der Waals surface area contributed by atoms with Gasteiger partial charge in [0, 0.05) is 13.1 Å². The number of nitrogens with one attached hydrogen (secondary N) is 1. The first kappa shape index (κ1) is 17.3.